The number of carbonyl (C=O) groups excluding carboxylic acids is 1. The molecule has 0 aliphatic heterocycles. The van der Waals surface area contributed by atoms with Gasteiger partial charge in [-0.1, -0.05) is 42.1 Å². The van der Waals surface area contributed by atoms with Gasteiger partial charge in [-0.3, -0.25) is 14.3 Å². The van der Waals surface area contributed by atoms with Crippen molar-refractivity contribution in [3.05, 3.63) is 84.6 Å². The predicted octanol–water partition coefficient (Wildman–Crippen LogP) is 3.73. The summed E-state index contributed by atoms with van der Waals surface area (Å²) in [6.07, 6.45) is 5.07. The Bertz CT molecular complexity index is 1080. The second kappa shape index (κ2) is 9.41. The van der Waals surface area contributed by atoms with Gasteiger partial charge in [0.1, 0.15) is 5.76 Å². The molecule has 0 N–H and O–H groups in total. The zero-order valence-corrected chi connectivity index (χ0v) is 17.3. The minimum atomic E-state index is -0.00359. The Kier molecular flexibility index (Phi) is 6.24. The quantitative estimate of drug-likeness (QED) is 0.405. The predicted molar refractivity (Wildman–Crippen MR) is 115 cm³/mol. The van der Waals surface area contributed by atoms with Crippen molar-refractivity contribution in [2.45, 2.75) is 18.2 Å². The van der Waals surface area contributed by atoms with Crippen LogP contribution in [0.3, 0.4) is 0 Å². The number of carbonyl (C=O) groups is 1. The average molecular weight is 420 g/mol. The lowest BCUT2D eigenvalue weighted by atomic mass is 10.2. The first-order valence-electron chi connectivity index (χ1n) is 9.47. The topological polar surface area (TPSA) is 77.1 Å². The highest BCUT2D eigenvalue weighted by Gasteiger charge is 2.18. The Labute approximate surface area is 178 Å². The molecule has 0 aliphatic rings. The van der Waals surface area contributed by atoms with E-state index in [9.17, 15) is 4.79 Å². The molecule has 0 unspecified atom stereocenters. The molecule has 0 aliphatic carbocycles. The third-order valence-electron chi connectivity index (χ3n) is 4.56. The summed E-state index contributed by atoms with van der Waals surface area (Å²) in [5.74, 6) is 1.76. The van der Waals surface area contributed by atoms with Gasteiger partial charge in [-0.15, -0.1) is 10.2 Å². The van der Waals surface area contributed by atoms with Crippen LogP contribution in [0.4, 0.5) is 0 Å². The monoisotopic (exact) mass is 419 g/mol. The Hall–Kier alpha value is -3.39. The maximum Gasteiger partial charge on any atom is 0.233 e. The smallest absolute Gasteiger partial charge is 0.233 e. The maximum atomic E-state index is 12.6. The fourth-order valence-corrected chi connectivity index (χ4v) is 3.86. The minimum absolute atomic E-state index is 0.00359. The lowest BCUT2D eigenvalue weighted by Gasteiger charge is -2.15. The van der Waals surface area contributed by atoms with Crippen molar-refractivity contribution in [1.29, 1.82) is 0 Å². The van der Waals surface area contributed by atoms with E-state index in [2.05, 4.69) is 27.3 Å². The van der Waals surface area contributed by atoms with Crippen LogP contribution in [0.25, 0.3) is 11.4 Å². The first-order chi connectivity index (χ1) is 14.7. The van der Waals surface area contributed by atoms with Gasteiger partial charge in [0.15, 0.2) is 11.0 Å². The molecule has 1 amide bonds. The molecule has 0 fully saturated rings. The van der Waals surface area contributed by atoms with Crippen LogP contribution in [0.2, 0.25) is 0 Å². The molecule has 7 nitrogen and oxygen atoms in total. The molecule has 0 bridgehead atoms. The van der Waals surface area contributed by atoms with Crippen molar-refractivity contribution < 1.29 is 9.21 Å². The van der Waals surface area contributed by atoms with E-state index in [4.69, 9.17) is 4.42 Å². The molecular weight excluding hydrogens is 398 g/mol. The number of hydrogen-bond acceptors (Lipinski definition) is 6. The van der Waals surface area contributed by atoms with E-state index in [1.807, 2.05) is 47.0 Å². The van der Waals surface area contributed by atoms with Crippen LogP contribution in [0.15, 0.2) is 82.8 Å². The summed E-state index contributed by atoms with van der Waals surface area (Å²) in [5, 5.41) is 9.45. The van der Waals surface area contributed by atoms with Crippen molar-refractivity contribution in [2.75, 3.05) is 12.8 Å². The number of nitrogens with zero attached hydrogens (tertiary/aromatic N) is 5. The van der Waals surface area contributed by atoms with Crippen LogP contribution in [0.5, 0.6) is 0 Å². The zero-order chi connectivity index (χ0) is 20.8. The summed E-state index contributed by atoms with van der Waals surface area (Å²) in [7, 11) is 1.77. The molecule has 0 spiro atoms. The van der Waals surface area contributed by atoms with E-state index in [0.717, 1.165) is 22.7 Å². The van der Waals surface area contributed by atoms with Gasteiger partial charge in [-0.2, -0.15) is 0 Å². The van der Waals surface area contributed by atoms with E-state index in [-0.39, 0.29) is 11.7 Å². The van der Waals surface area contributed by atoms with Crippen molar-refractivity contribution in [1.82, 2.24) is 24.6 Å². The zero-order valence-electron chi connectivity index (χ0n) is 16.5. The lowest BCUT2D eigenvalue weighted by molar-refractivity contribution is -0.127. The number of thioether (sulfide) groups is 1. The molecule has 3 heterocycles. The standard InChI is InChI=1S/C22H21N5O2S/c1-26(15-19-8-5-13-29-19)20(28)16-30-22-25-24-21(18-9-11-23-12-10-18)27(22)14-17-6-3-2-4-7-17/h2-13H,14-16H2,1H3. The molecule has 152 valence electrons. The molecule has 0 saturated heterocycles. The van der Waals surface area contributed by atoms with Crippen molar-refractivity contribution in [3.8, 4) is 11.4 Å². The number of furan rings is 1. The van der Waals surface area contributed by atoms with Crippen molar-refractivity contribution in [3.63, 3.8) is 0 Å². The molecule has 4 rings (SSSR count). The second-order valence-corrected chi connectivity index (χ2v) is 7.67. The van der Waals surface area contributed by atoms with Gasteiger partial charge < -0.3 is 9.32 Å². The summed E-state index contributed by atoms with van der Waals surface area (Å²) in [5.41, 5.74) is 2.07. The van der Waals surface area contributed by atoms with Crippen LogP contribution >= 0.6 is 11.8 Å². The highest BCUT2D eigenvalue weighted by atomic mass is 32.2. The highest BCUT2D eigenvalue weighted by Crippen LogP contribution is 2.25. The third-order valence-corrected chi connectivity index (χ3v) is 5.51. The molecule has 1 aromatic carbocycles. The van der Waals surface area contributed by atoms with Crippen LogP contribution in [0, 0.1) is 0 Å². The molecule has 0 saturated carbocycles. The van der Waals surface area contributed by atoms with Crippen LogP contribution in [0.1, 0.15) is 11.3 Å². The summed E-state index contributed by atoms with van der Waals surface area (Å²) < 4.78 is 7.36. The molecule has 3 aromatic heterocycles. The summed E-state index contributed by atoms with van der Waals surface area (Å²) in [6.45, 7) is 1.05. The van der Waals surface area contributed by atoms with E-state index in [0.29, 0.717) is 18.2 Å². The number of hydrogen-bond donors (Lipinski definition) is 0. The number of amides is 1. The van der Waals surface area contributed by atoms with E-state index in [1.165, 1.54) is 11.8 Å². The number of aromatic nitrogens is 4. The van der Waals surface area contributed by atoms with Gasteiger partial charge in [0, 0.05) is 25.0 Å². The normalized spacial score (nSPS) is 10.8. The van der Waals surface area contributed by atoms with E-state index in [1.54, 1.807) is 30.6 Å². The van der Waals surface area contributed by atoms with Crippen LogP contribution in [-0.4, -0.2) is 43.4 Å². The molecule has 4 aromatic rings. The largest absolute Gasteiger partial charge is 0.467 e. The van der Waals surface area contributed by atoms with Gasteiger partial charge in [-0.25, -0.2) is 0 Å². The minimum Gasteiger partial charge on any atom is -0.467 e. The van der Waals surface area contributed by atoms with E-state index < -0.39 is 0 Å². The summed E-state index contributed by atoms with van der Waals surface area (Å²) in [6, 6.07) is 17.6. The van der Waals surface area contributed by atoms with E-state index >= 15 is 0 Å². The second-order valence-electron chi connectivity index (χ2n) is 6.73. The molecule has 8 heteroatoms. The Morgan fingerprint density at radius 2 is 1.87 bits per heavy atom. The maximum absolute atomic E-state index is 12.6. The third kappa shape index (κ3) is 4.77. The molecule has 30 heavy (non-hydrogen) atoms. The molecular formula is C22H21N5O2S. The van der Waals surface area contributed by atoms with Crippen molar-refractivity contribution >= 4 is 17.7 Å². The lowest BCUT2D eigenvalue weighted by Crippen LogP contribution is -2.27. The Balaban J connectivity index is 1.52. The first-order valence-corrected chi connectivity index (χ1v) is 10.5. The van der Waals surface area contributed by atoms with Crippen LogP contribution < -0.4 is 0 Å². The summed E-state index contributed by atoms with van der Waals surface area (Å²) in [4.78, 5) is 18.3. The van der Waals surface area contributed by atoms with Gasteiger partial charge in [-0.05, 0) is 29.8 Å². The number of rotatable bonds is 8. The van der Waals surface area contributed by atoms with Gasteiger partial charge in [0.2, 0.25) is 5.91 Å². The Morgan fingerprint density at radius 3 is 2.60 bits per heavy atom. The van der Waals surface area contributed by atoms with Gasteiger partial charge >= 0.3 is 0 Å². The van der Waals surface area contributed by atoms with Gasteiger partial charge in [0.05, 0.1) is 25.1 Å². The van der Waals surface area contributed by atoms with Crippen molar-refractivity contribution in [2.24, 2.45) is 0 Å². The Morgan fingerprint density at radius 1 is 1.07 bits per heavy atom. The van der Waals surface area contributed by atoms with Gasteiger partial charge in [0.25, 0.3) is 0 Å². The fraction of sp³-hybridized carbons (Fsp3) is 0.182. The summed E-state index contributed by atoms with van der Waals surface area (Å²) >= 11 is 1.38. The first kappa shape index (κ1) is 19.9. The van der Waals surface area contributed by atoms with Crippen LogP contribution in [-0.2, 0) is 17.9 Å². The highest BCUT2D eigenvalue weighted by molar-refractivity contribution is 7.99. The SMILES string of the molecule is CN(Cc1ccco1)C(=O)CSc1nnc(-c2ccncc2)n1Cc1ccccc1. The number of pyridine rings is 1. The molecule has 0 radical (unpaired) electrons. The molecule has 0 atom stereocenters. The number of benzene rings is 1. The average Bonchev–Trinajstić information content (AvgIpc) is 3.43. The fourth-order valence-electron chi connectivity index (χ4n) is 2.98.